The summed E-state index contributed by atoms with van der Waals surface area (Å²) in [6.07, 6.45) is -9.43. The fraction of sp³-hybridized carbons (Fsp3) is 0.154. The summed E-state index contributed by atoms with van der Waals surface area (Å²) in [5.74, 6) is -0.429. The van der Waals surface area contributed by atoms with E-state index in [1.165, 1.54) is 16.8 Å². The van der Waals surface area contributed by atoms with Crippen molar-refractivity contribution in [1.29, 1.82) is 0 Å². The van der Waals surface area contributed by atoms with Crippen molar-refractivity contribution in [2.24, 2.45) is 0 Å². The van der Waals surface area contributed by atoms with Gasteiger partial charge in [0.15, 0.2) is 5.69 Å². The topological polar surface area (TPSA) is 78.6 Å². The summed E-state index contributed by atoms with van der Waals surface area (Å²) in [5, 5.41) is 17.6. The van der Waals surface area contributed by atoms with E-state index < -0.39 is 24.0 Å². The molecule has 0 unspecified atom stereocenters. The summed E-state index contributed by atoms with van der Waals surface area (Å²) >= 11 is 0.824. The maximum absolute atomic E-state index is 12.5. The second-order valence-corrected chi connectivity index (χ2v) is 5.76. The van der Waals surface area contributed by atoms with E-state index in [4.69, 9.17) is 0 Å². The summed E-state index contributed by atoms with van der Waals surface area (Å²) in [7, 11) is 0. The monoisotopic (exact) mass is 408 g/mol. The lowest BCUT2D eigenvalue weighted by atomic mass is 10.3. The Balaban J connectivity index is 1.78. The van der Waals surface area contributed by atoms with Gasteiger partial charge < -0.3 is 4.74 Å². The molecule has 142 valence electrons. The highest BCUT2D eigenvalue weighted by Gasteiger charge is 2.33. The molecule has 0 aliphatic heterocycles. The average Bonchev–Trinajstić information content (AvgIpc) is 3.02. The van der Waals surface area contributed by atoms with Gasteiger partial charge in [0.25, 0.3) is 0 Å². The number of hydrogen-bond donors (Lipinski definition) is 0. The second-order valence-electron chi connectivity index (χ2n) is 4.77. The van der Waals surface area contributed by atoms with Gasteiger partial charge in [-0.15, -0.1) is 28.5 Å². The van der Waals surface area contributed by atoms with Gasteiger partial charge in [-0.2, -0.15) is 17.9 Å². The van der Waals surface area contributed by atoms with Crippen molar-refractivity contribution in [2.75, 3.05) is 0 Å². The SMILES string of the molecule is FC(F)(F)Oc1ccc(-n2nnnc2Sc2ccc(C(F)(F)F)nn2)cc1. The van der Waals surface area contributed by atoms with Gasteiger partial charge in [0.1, 0.15) is 10.8 Å². The van der Waals surface area contributed by atoms with E-state index >= 15 is 0 Å². The highest BCUT2D eigenvalue weighted by molar-refractivity contribution is 7.99. The van der Waals surface area contributed by atoms with Crippen molar-refractivity contribution in [3.8, 4) is 11.4 Å². The van der Waals surface area contributed by atoms with Crippen LogP contribution in [0.1, 0.15) is 5.69 Å². The molecule has 3 aromatic rings. The van der Waals surface area contributed by atoms with Crippen molar-refractivity contribution in [3.63, 3.8) is 0 Å². The van der Waals surface area contributed by atoms with Gasteiger partial charge in [-0.1, -0.05) is 0 Å². The first kappa shape index (κ1) is 18.9. The Morgan fingerprint density at radius 1 is 0.852 bits per heavy atom. The number of rotatable bonds is 4. The van der Waals surface area contributed by atoms with E-state index in [0.717, 1.165) is 36.0 Å². The number of halogens is 6. The Labute approximate surface area is 150 Å². The molecule has 0 amide bonds. The van der Waals surface area contributed by atoms with E-state index in [1.807, 2.05) is 0 Å². The number of alkyl halides is 6. The summed E-state index contributed by atoms with van der Waals surface area (Å²) in [4.78, 5) is 0. The number of hydrogen-bond acceptors (Lipinski definition) is 7. The molecule has 3 rings (SSSR count). The first-order chi connectivity index (χ1) is 12.6. The van der Waals surface area contributed by atoms with Crippen LogP contribution >= 0.6 is 11.8 Å². The van der Waals surface area contributed by atoms with Crippen LogP contribution in [0, 0.1) is 0 Å². The van der Waals surface area contributed by atoms with Crippen LogP contribution < -0.4 is 4.74 Å². The van der Waals surface area contributed by atoms with Gasteiger partial charge in [0, 0.05) is 0 Å². The largest absolute Gasteiger partial charge is 0.573 e. The predicted molar refractivity (Wildman–Crippen MR) is 77.0 cm³/mol. The second kappa shape index (κ2) is 7.02. The molecule has 27 heavy (non-hydrogen) atoms. The zero-order valence-electron chi connectivity index (χ0n) is 12.7. The molecule has 0 saturated carbocycles. The predicted octanol–water partition coefficient (Wildman–Crippen LogP) is 3.52. The molecule has 0 spiro atoms. The maximum atomic E-state index is 12.5. The number of ether oxygens (including phenoxy) is 1. The zero-order chi connectivity index (χ0) is 19.7. The molecule has 0 fully saturated rings. The van der Waals surface area contributed by atoms with Crippen LogP contribution in [0.3, 0.4) is 0 Å². The quantitative estimate of drug-likeness (QED) is 0.611. The Morgan fingerprint density at radius 3 is 2.11 bits per heavy atom. The smallest absolute Gasteiger partial charge is 0.406 e. The van der Waals surface area contributed by atoms with Gasteiger partial charge in [0.05, 0.1) is 5.69 Å². The van der Waals surface area contributed by atoms with Gasteiger partial charge in [-0.25, -0.2) is 0 Å². The number of tetrazole rings is 1. The van der Waals surface area contributed by atoms with Gasteiger partial charge in [-0.3, -0.25) is 0 Å². The molecular weight excluding hydrogens is 402 g/mol. The zero-order valence-corrected chi connectivity index (χ0v) is 13.5. The summed E-state index contributed by atoms with van der Waals surface area (Å²) in [6.45, 7) is 0. The van der Waals surface area contributed by atoms with E-state index in [0.29, 0.717) is 5.69 Å². The molecule has 1 aromatic carbocycles. The Morgan fingerprint density at radius 2 is 1.56 bits per heavy atom. The van der Waals surface area contributed by atoms with E-state index in [1.54, 1.807) is 0 Å². The minimum atomic E-state index is -4.82. The highest BCUT2D eigenvalue weighted by Crippen LogP contribution is 2.30. The Bertz CT molecular complexity index is 909. The third kappa shape index (κ3) is 4.84. The molecule has 0 radical (unpaired) electrons. The minimum absolute atomic E-state index is 0.0936. The third-order valence-electron chi connectivity index (χ3n) is 2.88. The fourth-order valence-electron chi connectivity index (χ4n) is 1.81. The van der Waals surface area contributed by atoms with Crippen LogP contribution in [0.5, 0.6) is 5.75 Å². The molecule has 0 saturated heterocycles. The number of benzene rings is 1. The molecule has 0 bridgehead atoms. The molecular formula is C13H6F6N6OS. The van der Waals surface area contributed by atoms with Crippen LogP contribution in [-0.4, -0.2) is 36.8 Å². The molecule has 2 aromatic heterocycles. The van der Waals surface area contributed by atoms with Crippen LogP contribution in [0.2, 0.25) is 0 Å². The third-order valence-corrected chi connectivity index (χ3v) is 3.75. The summed E-state index contributed by atoms with van der Waals surface area (Å²) < 4.78 is 78.9. The van der Waals surface area contributed by atoms with E-state index in [9.17, 15) is 26.3 Å². The van der Waals surface area contributed by atoms with Gasteiger partial charge in [0.2, 0.25) is 5.16 Å². The molecule has 0 N–H and O–H groups in total. The summed E-state index contributed by atoms with van der Waals surface area (Å²) in [5.41, 5.74) is -0.844. The standard InChI is InChI=1S/C13H6F6N6OS/c14-12(15,16)9-5-6-10(21-20-9)27-11-22-23-24-25(11)7-1-3-8(4-2-7)26-13(17,18)19/h1-6H. The van der Waals surface area contributed by atoms with Crippen LogP contribution in [0.4, 0.5) is 26.3 Å². The first-order valence-electron chi connectivity index (χ1n) is 6.85. The number of aromatic nitrogens is 6. The van der Waals surface area contributed by atoms with Crippen molar-refractivity contribution in [2.45, 2.75) is 22.7 Å². The van der Waals surface area contributed by atoms with Crippen LogP contribution in [-0.2, 0) is 6.18 Å². The lowest BCUT2D eigenvalue weighted by Crippen LogP contribution is -2.17. The molecule has 7 nitrogen and oxygen atoms in total. The van der Waals surface area contributed by atoms with E-state index in [2.05, 4.69) is 30.5 Å². The normalized spacial score (nSPS) is 12.2. The summed E-state index contributed by atoms with van der Waals surface area (Å²) in [6, 6.07) is 6.54. The highest BCUT2D eigenvalue weighted by atomic mass is 32.2. The lowest BCUT2D eigenvalue weighted by Gasteiger charge is -2.09. The fourth-order valence-corrected chi connectivity index (χ4v) is 2.52. The van der Waals surface area contributed by atoms with Crippen molar-refractivity contribution in [3.05, 3.63) is 42.1 Å². The van der Waals surface area contributed by atoms with Crippen molar-refractivity contribution >= 4 is 11.8 Å². The molecule has 14 heteroatoms. The average molecular weight is 408 g/mol. The molecule has 0 aliphatic carbocycles. The maximum Gasteiger partial charge on any atom is 0.573 e. The van der Waals surface area contributed by atoms with Crippen molar-refractivity contribution < 1.29 is 31.1 Å². The Hall–Kier alpha value is -2.90. The minimum Gasteiger partial charge on any atom is -0.406 e. The lowest BCUT2D eigenvalue weighted by molar-refractivity contribution is -0.274. The van der Waals surface area contributed by atoms with E-state index in [-0.39, 0.29) is 10.2 Å². The number of nitrogens with zero attached hydrogens (tertiary/aromatic N) is 6. The van der Waals surface area contributed by atoms with Crippen LogP contribution in [0.15, 0.2) is 46.6 Å². The molecule has 0 aliphatic rings. The first-order valence-corrected chi connectivity index (χ1v) is 7.67. The molecule has 0 atom stereocenters. The van der Waals surface area contributed by atoms with Crippen molar-refractivity contribution in [1.82, 2.24) is 30.4 Å². The molecule has 2 heterocycles. The van der Waals surface area contributed by atoms with Gasteiger partial charge in [-0.05, 0) is 58.6 Å². The van der Waals surface area contributed by atoms with Gasteiger partial charge >= 0.3 is 12.5 Å². The van der Waals surface area contributed by atoms with Crippen LogP contribution in [0.25, 0.3) is 5.69 Å². The Kier molecular flexibility index (Phi) is 4.91.